The van der Waals surface area contributed by atoms with Gasteiger partial charge in [0.15, 0.2) is 0 Å². The summed E-state index contributed by atoms with van der Waals surface area (Å²) in [6.45, 7) is -0.528. The summed E-state index contributed by atoms with van der Waals surface area (Å²) < 4.78 is 0. The van der Waals surface area contributed by atoms with Crippen LogP contribution in [0.25, 0.3) is 10.4 Å². The predicted molar refractivity (Wildman–Crippen MR) is 68.6 cm³/mol. The van der Waals surface area contributed by atoms with E-state index < -0.39 is 23.7 Å². The average molecular weight is 282 g/mol. The number of azide groups is 1. The summed E-state index contributed by atoms with van der Waals surface area (Å²) in [4.78, 5) is 12.6. The van der Waals surface area contributed by atoms with E-state index in [2.05, 4.69) is 10.0 Å². The van der Waals surface area contributed by atoms with Crippen molar-refractivity contribution in [3.05, 3.63) is 49.9 Å². The molecule has 0 saturated carbocycles. The Morgan fingerprint density at radius 1 is 1.45 bits per heavy atom. The maximum Gasteiger partial charge on any atom is 0.274 e. The molecule has 3 N–H and O–H groups in total. The van der Waals surface area contributed by atoms with Crippen LogP contribution in [0.3, 0.4) is 0 Å². The van der Waals surface area contributed by atoms with Crippen LogP contribution in [0.4, 0.5) is 5.69 Å². The molecule has 0 aliphatic rings. The summed E-state index contributed by atoms with van der Waals surface area (Å²) in [6, 6.07) is 3.72. The molecule has 0 aliphatic carbocycles. The number of hydrogen-bond acceptors (Lipinski definition) is 6. The van der Waals surface area contributed by atoms with E-state index in [1.165, 1.54) is 12.1 Å². The van der Waals surface area contributed by atoms with Crippen LogP contribution in [0.5, 0.6) is 0 Å². The first kappa shape index (κ1) is 15.9. The zero-order valence-corrected chi connectivity index (χ0v) is 10.5. The molecule has 2 atom stereocenters. The zero-order valence-electron chi connectivity index (χ0n) is 10.5. The van der Waals surface area contributed by atoms with Crippen molar-refractivity contribution in [1.29, 1.82) is 0 Å². The smallest absolute Gasteiger partial charge is 0.274 e. The molecule has 1 aromatic rings. The van der Waals surface area contributed by atoms with Crippen molar-refractivity contribution < 1.29 is 20.2 Å². The van der Waals surface area contributed by atoms with Gasteiger partial charge in [0.25, 0.3) is 5.69 Å². The highest BCUT2D eigenvalue weighted by Gasteiger charge is 2.21. The van der Waals surface area contributed by atoms with Gasteiger partial charge in [-0.15, -0.1) is 0 Å². The fourth-order valence-electron chi connectivity index (χ4n) is 1.71. The molecule has 0 amide bonds. The lowest BCUT2D eigenvalue weighted by molar-refractivity contribution is -0.385. The standard InChI is InChI=1S/C11H14N4O5/c12-14-13-4-3-10(17)11(18)7-1-2-9(15(19)20)8(5-7)6-16/h1-2,5,10-11,16-18H,3-4,6H2. The Hall–Kier alpha value is -2.19. The largest absolute Gasteiger partial charge is 0.391 e. The Morgan fingerprint density at radius 3 is 2.70 bits per heavy atom. The molecule has 0 spiro atoms. The number of nitrogens with zero attached hydrogens (tertiary/aromatic N) is 4. The fraction of sp³-hybridized carbons (Fsp3) is 0.455. The SMILES string of the molecule is [N-]=[N+]=NCCC(O)C(O)c1ccc([N+](=O)[O-])c(CO)c1. The summed E-state index contributed by atoms with van der Waals surface area (Å²) in [5.74, 6) is 0. The molecule has 1 aromatic carbocycles. The van der Waals surface area contributed by atoms with E-state index in [1.54, 1.807) is 0 Å². The van der Waals surface area contributed by atoms with E-state index in [9.17, 15) is 20.3 Å². The van der Waals surface area contributed by atoms with E-state index in [0.717, 1.165) is 6.07 Å². The predicted octanol–water partition coefficient (Wildman–Crippen LogP) is 1.18. The lowest BCUT2D eigenvalue weighted by atomic mass is 9.99. The summed E-state index contributed by atoms with van der Waals surface area (Å²) in [5, 5.41) is 42.6. The number of hydrogen-bond donors (Lipinski definition) is 3. The second-order valence-electron chi connectivity index (χ2n) is 4.06. The van der Waals surface area contributed by atoms with Crippen molar-refractivity contribution in [3.63, 3.8) is 0 Å². The minimum Gasteiger partial charge on any atom is -0.391 e. The van der Waals surface area contributed by atoms with Gasteiger partial charge >= 0.3 is 0 Å². The molecule has 20 heavy (non-hydrogen) atoms. The number of aliphatic hydroxyl groups excluding tert-OH is 3. The van der Waals surface area contributed by atoms with E-state index in [0.29, 0.717) is 0 Å². The van der Waals surface area contributed by atoms with E-state index >= 15 is 0 Å². The third-order valence-electron chi connectivity index (χ3n) is 2.76. The van der Waals surface area contributed by atoms with E-state index in [1.807, 2.05) is 0 Å². The van der Waals surface area contributed by atoms with Crippen LogP contribution in [-0.4, -0.2) is 32.9 Å². The average Bonchev–Trinajstić information content (AvgIpc) is 2.45. The Kier molecular flexibility index (Phi) is 5.88. The van der Waals surface area contributed by atoms with Crippen molar-refractivity contribution >= 4 is 5.69 Å². The first-order chi connectivity index (χ1) is 9.51. The van der Waals surface area contributed by atoms with Gasteiger partial charge < -0.3 is 15.3 Å². The number of aliphatic hydroxyl groups is 3. The van der Waals surface area contributed by atoms with Gasteiger partial charge in [-0.05, 0) is 29.6 Å². The van der Waals surface area contributed by atoms with Crippen molar-refractivity contribution in [2.75, 3.05) is 6.54 Å². The van der Waals surface area contributed by atoms with Crippen LogP contribution in [0.2, 0.25) is 0 Å². The third kappa shape index (κ3) is 3.90. The van der Waals surface area contributed by atoms with Crippen LogP contribution in [0.15, 0.2) is 23.3 Å². The van der Waals surface area contributed by atoms with Gasteiger partial charge in [0.2, 0.25) is 0 Å². The quantitative estimate of drug-likeness (QED) is 0.225. The Bertz CT molecular complexity index is 530. The molecule has 9 nitrogen and oxygen atoms in total. The highest BCUT2D eigenvalue weighted by atomic mass is 16.6. The Balaban J connectivity index is 2.90. The second kappa shape index (κ2) is 7.41. The fourth-order valence-corrected chi connectivity index (χ4v) is 1.71. The first-order valence-electron chi connectivity index (χ1n) is 5.76. The third-order valence-corrected chi connectivity index (χ3v) is 2.76. The second-order valence-corrected chi connectivity index (χ2v) is 4.06. The molecule has 0 fully saturated rings. The molecule has 9 heteroatoms. The van der Waals surface area contributed by atoms with Gasteiger partial charge in [-0.1, -0.05) is 5.11 Å². The molecule has 0 saturated heterocycles. The van der Waals surface area contributed by atoms with Crippen LogP contribution >= 0.6 is 0 Å². The minimum atomic E-state index is -1.28. The lowest BCUT2D eigenvalue weighted by Gasteiger charge is -2.17. The van der Waals surface area contributed by atoms with Crippen molar-refractivity contribution in [3.8, 4) is 0 Å². The van der Waals surface area contributed by atoms with E-state index in [-0.39, 0.29) is 29.8 Å². The topological polar surface area (TPSA) is 153 Å². The monoisotopic (exact) mass is 282 g/mol. The van der Waals surface area contributed by atoms with Crippen molar-refractivity contribution in [2.24, 2.45) is 5.11 Å². The molecule has 0 aromatic heterocycles. The molecule has 0 bridgehead atoms. The summed E-state index contributed by atoms with van der Waals surface area (Å²) >= 11 is 0. The molecular weight excluding hydrogens is 268 g/mol. The van der Waals surface area contributed by atoms with Gasteiger partial charge in [-0.3, -0.25) is 10.1 Å². The summed E-state index contributed by atoms with van der Waals surface area (Å²) in [6.07, 6.45) is -2.40. The van der Waals surface area contributed by atoms with Crippen LogP contribution in [0, 0.1) is 10.1 Å². The van der Waals surface area contributed by atoms with Gasteiger partial charge in [-0.25, -0.2) is 0 Å². The zero-order chi connectivity index (χ0) is 15.1. The van der Waals surface area contributed by atoms with Crippen molar-refractivity contribution in [2.45, 2.75) is 25.2 Å². The lowest BCUT2D eigenvalue weighted by Crippen LogP contribution is -2.19. The van der Waals surface area contributed by atoms with E-state index in [4.69, 9.17) is 10.6 Å². The molecular formula is C11H14N4O5. The first-order valence-corrected chi connectivity index (χ1v) is 5.76. The molecule has 2 unspecified atom stereocenters. The van der Waals surface area contributed by atoms with Gasteiger partial charge in [0, 0.05) is 17.5 Å². The highest BCUT2D eigenvalue weighted by molar-refractivity contribution is 5.43. The Labute approximate surface area is 113 Å². The molecule has 0 radical (unpaired) electrons. The van der Waals surface area contributed by atoms with Gasteiger partial charge in [-0.2, -0.15) is 0 Å². The number of nitro groups is 1. The number of rotatable bonds is 7. The molecule has 1 rings (SSSR count). The van der Waals surface area contributed by atoms with Crippen LogP contribution in [0.1, 0.15) is 23.7 Å². The maximum atomic E-state index is 10.7. The maximum absolute atomic E-state index is 10.7. The Morgan fingerprint density at radius 2 is 2.15 bits per heavy atom. The minimum absolute atomic E-state index is 0.0224. The number of benzene rings is 1. The highest BCUT2D eigenvalue weighted by Crippen LogP contribution is 2.26. The number of nitro benzene ring substituents is 1. The van der Waals surface area contributed by atoms with Crippen molar-refractivity contribution in [1.82, 2.24) is 0 Å². The van der Waals surface area contributed by atoms with Crippen LogP contribution < -0.4 is 0 Å². The van der Waals surface area contributed by atoms with Gasteiger partial charge in [0.05, 0.1) is 23.2 Å². The normalized spacial score (nSPS) is 13.3. The summed E-state index contributed by atoms with van der Waals surface area (Å²) in [5.41, 5.74) is 8.14. The molecule has 108 valence electrons. The molecule has 0 heterocycles. The summed E-state index contributed by atoms with van der Waals surface area (Å²) in [7, 11) is 0. The van der Waals surface area contributed by atoms with Crippen LogP contribution in [-0.2, 0) is 6.61 Å². The molecule has 0 aliphatic heterocycles. The van der Waals surface area contributed by atoms with Gasteiger partial charge in [0.1, 0.15) is 6.10 Å².